The second-order valence-electron chi connectivity index (χ2n) is 17.1. The lowest BCUT2D eigenvalue weighted by molar-refractivity contribution is -0.870. The summed E-state index contributed by atoms with van der Waals surface area (Å²) < 4.78 is 34.4. The Balaban J connectivity index is 4.30. The number of hydrogen-bond acceptors (Lipinski definition) is 7. The minimum Gasteiger partial charge on any atom is -0.462 e. The van der Waals surface area contributed by atoms with Crippen molar-refractivity contribution in [3.8, 4) is 0 Å². The number of likely N-dealkylation sites (N-methyl/N-ethyl adjacent to an activating group) is 1. The van der Waals surface area contributed by atoms with E-state index in [-0.39, 0.29) is 25.6 Å². The van der Waals surface area contributed by atoms with Crippen molar-refractivity contribution in [2.75, 3.05) is 47.5 Å². The molecule has 10 heteroatoms. The van der Waals surface area contributed by atoms with Gasteiger partial charge in [0.25, 0.3) is 0 Å². The van der Waals surface area contributed by atoms with Crippen LogP contribution in [0, 0.1) is 0 Å². The third-order valence-electron chi connectivity index (χ3n) is 10.2. The summed E-state index contributed by atoms with van der Waals surface area (Å²) in [6.45, 7) is 4.41. The summed E-state index contributed by atoms with van der Waals surface area (Å²) in [7, 11) is 1.47. The van der Waals surface area contributed by atoms with Crippen molar-refractivity contribution in [3.05, 3.63) is 24.3 Å². The Morgan fingerprint density at radius 2 is 0.947 bits per heavy atom. The van der Waals surface area contributed by atoms with E-state index >= 15 is 0 Å². The number of rotatable bonds is 43. The van der Waals surface area contributed by atoms with Crippen LogP contribution in [0.4, 0.5) is 0 Å². The van der Waals surface area contributed by atoms with Gasteiger partial charge in [-0.25, -0.2) is 4.57 Å². The molecule has 0 bridgehead atoms. The van der Waals surface area contributed by atoms with Crippen molar-refractivity contribution in [1.82, 2.24) is 0 Å². The van der Waals surface area contributed by atoms with Gasteiger partial charge in [-0.05, 0) is 44.9 Å². The highest BCUT2D eigenvalue weighted by molar-refractivity contribution is 7.47. The molecule has 0 saturated carbocycles. The number of carbonyl (C=O) groups excluding carboxylic acids is 2. The molecule has 2 unspecified atom stereocenters. The van der Waals surface area contributed by atoms with Crippen LogP contribution in [0.5, 0.6) is 0 Å². The monoisotopic (exact) mass is 829 g/mol. The lowest BCUT2D eigenvalue weighted by Crippen LogP contribution is -2.37. The standard InChI is InChI=1S/C47H90NO8P/c1-6-8-10-12-14-16-18-20-22-23-24-26-27-29-31-33-35-37-39-46(49)53-43-45(44-55-57(51,52)54-42-41-48(3,4)5)56-47(50)40-38-36-34-32-30-28-25-21-19-17-15-13-11-9-7-2/h15,17,21,25,45H,6-14,16,18-20,22-24,26-44H2,1-5H3/p+1/b17-15-,25-21-. The van der Waals surface area contributed by atoms with Gasteiger partial charge in [-0.15, -0.1) is 0 Å². The number of phosphoric ester groups is 1. The summed E-state index contributed by atoms with van der Waals surface area (Å²) in [4.78, 5) is 35.4. The first-order chi connectivity index (χ1) is 27.5. The van der Waals surface area contributed by atoms with Crippen LogP contribution in [-0.4, -0.2) is 74.9 Å². The maximum Gasteiger partial charge on any atom is 0.472 e. The van der Waals surface area contributed by atoms with Crippen molar-refractivity contribution in [2.45, 2.75) is 219 Å². The highest BCUT2D eigenvalue weighted by atomic mass is 31.2. The second-order valence-corrected chi connectivity index (χ2v) is 18.6. The summed E-state index contributed by atoms with van der Waals surface area (Å²) in [6.07, 6.45) is 43.6. The van der Waals surface area contributed by atoms with Crippen LogP contribution in [0.3, 0.4) is 0 Å². The number of quaternary nitrogens is 1. The topological polar surface area (TPSA) is 108 Å². The third kappa shape index (κ3) is 43.9. The maximum atomic E-state index is 12.7. The molecule has 0 radical (unpaired) electrons. The van der Waals surface area contributed by atoms with E-state index in [4.69, 9.17) is 18.5 Å². The van der Waals surface area contributed by atoms with Crippen molar-refractivity contribution in [2.24, 2.45) is 0 Å². The molecular weight excluding hydrogens is 737 g/mol. The van der Waals surface area contributed by atoms with E-state index in [9.17, 15) is 19.0 Å². The first kappa shape index (κ1) is 55.5. The van der Waals surface area contributed by atoms with Gasteiger partial charge in [0.05, 0.1) is 27.7 Å². The number of carbonyl (C=O) groups is 2. The van der Waals surface area contributed by atoms with E-state index in [0.29, 0.717) is 23.9 Å². The zero-order valence-corrected chi connectivity index (χ0v) is 38.7. The number of unbranched alkanes of at least 4 members (excludes halogenated alkanes) is 25. The molecule has 336 valence electrons. The van der Waals surface area contributed by atoms with Gasteiger partial charge in [0.2, 0.25) is 0 Å². The Bertz CT molecular complexity index is 1030. The largest absolute Gasteiger partial charge is 0.472 e. The summed E-state index contributed by atoms with van der Waals surface area (Å²) in [6, 6.07) is 0. The fourth-order valence-corrected chi connectivity index (χ4v) is 7.26. The summed E-state index contributed by atoms with van der Waals surface area (Å²) in [5.74, 6) is -0.805. The Labute approximate surface area is 351 Å². The number of nitrogens with zero attached hydrogens (tertiary/aromatic N) is 1. The first-order valence-electron chi connectivity index (χ1n) is 23.6. The van der Waals surface area contributed by atoms with Crippen LogP contribution in [0.1, 0.15) is 213 Å². The maximum absolute atomic E-state index is 12.7. The number of hydrogen-bond donors (Lipinski definition) is 1. The van der Waals surface area contributed by atoms with Gasteiger partial charge < -0.3 is 18.9 Å². The molecule has 57 heavy (non-hydrogen) atoms. The smallest absolute Gasteiger partial charge is 0.462 e. The average molecular weight is 829 g/mol. The van der Waals surface area contributed by atoms with Gasteiger partial charge in [-0.3, -0.25) is 18.6 Å². The molecule has 2 atom stereocenters. The number of esters is 2. The van der Waals surface area contributed by atoms with E-state index in [2.05, 4.69) is 38.2 Å². The van der Waals surface area contributed by atoms with E-state index in [1.54, 1.807) is 0 Å². The van der Waals surface area contributed by atoms with Crippen LogP contribution < -0.4 is 0 Å². The minimum atomic E-state index is -4.38. The van der Waals surface area contributed by atoms with E-state index < -0.39 is 26.5 Å². The molecule has 0 aliphatic rings. The Morgan fingerprint density at radius 3 is 1.42 bits per heavy atom. The summed E-state index contributed by atoms with van der Waals surface area (Å²) in [5, 5.41) is 0. The third-order valence-corrected chi connectivity index (χ3v) is 11.2. The van der Waals surface area contributed by atoms with Crippen LogP contribution in [0.25, 0.3) is 0 Å². The second kappa shape index (κ2) is 39.9. The van der Waals surface area contributed by atoms with Gasteiger partial charge in [0, 0.05) is 12.8 Å². The van der Waals surface area contributed by atoms with Gasteiger partial charge >= 0.3 is 19.8 Å². The molecule has 0 aliphatic carbocycles. The SMILES string of the molecule is CCCCC/C=C\C/C=C\CCCCCCCC(=O)OC(COC(=O)CCCCCCCCCCCCCCCCCCCC)COP(=O)(O)OCC[N+](C)(C)C. The zero-order chi connectivity index (χ0) is 42.1. The zero-order valence-electron chi connectivity index (χ0n) is 37.8. The molecule has 0 spiro atoms. The predicted octanol–water partition coefficient (Wildman–Crippen LogP) is 13.5. The van der Waals surface area contributed by atoms with Gasteiger partial charge in [0.15, 0.2) is 6.10 Å². The molecule has 0 aromatic heterocycles. The van der Waals surface area contributed by atoms with Crippen molar-refractivity contribution >= 4 is 19.8 Å². The van der Waals surface area contributed by atoms with Gasteiger partial charge in [0.1, 0.15) is 19.8 Å². The average Bonchev–Trinajstić information content (AvgIpc) is 3.16. The normalized spacial score (nSPS) is 13.7. The van der Waals surface area contributed by atoms with Crippen LogP contribution in [0.2, 0.25) is 0 Å². The van der Waals surface area contributed by atoms with Crippen molar-refractivity contribution < 1.29 is 42.1 Å². The molecule has 0 amide bonds. The lowest BCUT2D eigenvalue weighted by atomic mass is 10.0. The first-order valence-corrected chi connectivity index (χ1v) is 25.1. The van der Waals surface area contributed by atoms with E-state index in [1.165, 1.54) is 122 Å². The van der Waals surface area contributed by atoms with Crippen LogP contribution in [0.15, 0.2) is 24.3 Å². The molecule has 0 fully saturated rings. The fraction of sp³-hybridized carbons (Fsp3) is 0.872. The molecule has 0 aromatic carbocycles. The van der Waals surface area contributed by atoms with Crippen LogP contribution >= 0.6 is 7.82 Å². The number of allylic oxidation sites excluding steroid dienone is 4. The predicted molar refractivity (Wildman–Crippen MR) is 238 cm³/mol. The molecule has 0 rings (SSSR count). The Kier molecular flexibility index (Phi) is 38.9. The summed E-state index contributed by atoms with van der Waals surface area (Å²) in [5.41, 5.74) is 0. The van der Waals surface area contributed by atoms with E-state index in [0.717, 1.165) is 57.8 Å². The van der Waals surface area contributed by atoms with Crippen LogP contribution in [-0.2, 0) is 32.7 Å². The fourth-order valence-electron chi connectivity index (χ4n) is 6.52. The van der Waals surface area contributed by atoms with E-state index in [1.807, 2.05) is 21.1 Å². The molecule has 0 aliphatic heterocycles. The number of phosphoric acid groups is 1. The van der Waals surface area contributed by atoms with Crippen molar-refractivity contribution in [3.63, 3.8) is 0 Å². The molecule has 0 saturated heterocycles. The van der Waals surface area contributed by atoms with Gasteiger partial charge in [-0.1, -0.05) is 179 Å². The molecule has 1 N–H and O–H groups in total. The van der Waals surface area contributed by atoms with Crippen molar-refractivity contribution in [1.29, 1.82) is 0 Å². The molecule has 0 heterocycles. The highest BCUT2D eigenvalue weighted by Gasteiger charge is 2.27. The summed E-state index contributed by atoms with van der Waals surface area (Å²) >= 11 is 0. The Hall–Kier alpha value is -1.51. The lowest BCUT2D eigenvalue weighted by Gasteiger charge is -2.24. The minimum absolute atomic E-state index is 0.0307. The van der Waals surface area contributed by atoms with Gasteiger partial charge in [-0.2, -0.15) is 0 Å². The molecule has 0 aromatic rings. The number of ether oxygens (including phenoxy) is 2. The quantitative estimate of drug-likeness (QED) is 0.0213. The highest BCUT2D eigenvalue weighted by Crippen LogP contribution is 2.43. The molecule has 9 nitrogen and oxygen atoms in total. The molecular formula is C47H91NO8P+. The Morgan fingerprint density at radius 1 is 0.544 bits per heavy atom.